The predicted octanol–water partition coefficient (Wildman–Crippen LogP) is 2.37. The molecule has 0 fully saturated rings. The first-order valence-electron chi connectivity index (χ1n) is 6.29. The summed E-state index contributed by atoms with van der Waals surface area (Å²) < 4.78 is 5.23. The van der Waals surface area contributed by atoms with E-state index in [1.165, 1.54) is 0 Å². The van der Waals surface area contributed by atoms with Crippen LogP contribution in [0.25, 0.3) is 0 Å². The summed E-state index contributed by atoms with van der Waals surface area (Å²) in [7, 11) is 1.60. The van der Waals surface area contributed by atoms with Crippen molar-refractivity contribution < 1.29 is 9.53 Å². The van der Waals surface area contributed by atoms with Gasteiger partial charge in [0.25, 0.3) is 0 Å². The first-order chi connectivity index (χ1) is 9.69. The van der Waals surface area contributed by atoms with Gasteiger partial charge >= 0.3 is 0 Å². The van der Waals surface area contributed by atoms with Gasteiger partial charge in [-0.15, -0.1) is 0 Å². The highest BCUT2D eigenvalue weighted by atomic mass is 16.5. The molecule has 0 radical (unpaired) electrons. The summed E-state index contributed by atoms with van der Waals surface area (Å²) in [5, 5.41) is 2.86. The Labute approximate surface area is 117 Å². The Balaban J connectivity index is 2.12. The van der Waals surface area contributed by atoms with Crippen molar-refractivity contribution in [2.75, 3.05) is 29.6 Å². The average molecular weight is 269 g/mol. The lowest BCUT2D eigenvalue weighted by Crippen LogP contribution is -2.35. The number of nitrogens with zero attached hydrogens (tertiary/aromatic N) is 1. The van der Waals surface area contributed by atoms with Crippen LogP contribution in [-0.4, -0.2) is 19.6 Å². The second-order valence-electron chi connectivity index (χ2n) is 4.58. The number of fused-ring (bicyclic) bond motifs is 1. The fraction of sp³-hybridized carbons (Fsp3) is 0.133. The van der Waals surface area contributed by atoms with E-state index in [0.29, 0.717) is 11.4 Å². The summed E-state index contributed by atoms with van der Waals surface area (Å²) in [5.74, 6) is 0.642. The lowest BCUT2D eigenvalue weighted by Gasteiger charge is -2.31. The fourth-order valence-electron chi connectivity index (χ4n) is 2.33. The molecular formula is C15H15N3O2. The van der Waals surface area contributed by atoms with Gasteiger partial charge in [-0.3, -0.25) is 4.79 Å². The number of methoxy groups -OCH3 is 1. The molecular weight excluding hydrogens is 254 g/mol. The van der Waals surface area contributed by atoms with Gasteiger partial charge in [-0.2, -0.15) is 0 Å². The molecule has 0 unspecified atom stereocenters. The molecule has 0 bridgehead atoms. The van der Waals surface area contributed by atoms with Crippen LogP contribution in [0.15, 0.2) is 42.5 Å². The van der Waals surface area contributed by atoms with E-state index >= 15 is 0 Å². The van der Waals surface area contributed by atoms with Gasteiger partial charge in [-0.05, 0) is 24.3 Å². The topological polar surface area (TPSA) is 67.6 Å². The number of benzene rings is 2. The Hall–Kier alpha value is -2.69. The van der Waals surface area contributed by atoms with Crippen molar-refractivity contribution in [3.63, 3.8) is 0 Å². The highest BCUT2D eigenvalue weighted by molar-refractivity contribution is 6.04. The van der Waals surface area contributed by atoms with E-state index in [9.17, 15) is 4.79 Å². The van der Waals surface area contributed by atoms with Crippen molar-refractivity contribution in [1.82, 2.24) is 0 Å². The van der Waals surface area contributed by atoms with Crippen molar-refractivity contribution in [3.8, 4) is 5.75 Å². The van der Waals surface area contributed by atoms with Gasteiger partial charge in [-0.1, -0.05) is 12.1 Å². The molecule has 0 spiro atoms. The molecule has 1 aliphatic rings. The van der Waals surface area contributed by atoms with E-state index in [-0.39, 0.29) is 12.5 Å². The molecule has 3 N–H and O–H groups in total. The maximum atomic E-state index is 11.9. The molecule has 0 saturated heterocycles. The van der Waals surface area contributed by atoms with E-state index in [1.807, 2.05) is 35.2 Å². The zero-order valence-corrected chi connectivity index (χ0v) is 11.1. The first-order valence-corrected chi connectivity index (χ1v) is 6.29. The highest BCUT2D eigenvalue weighted by Crippen LogP contribution is 2.38. The maximum absolute atomic E-state index is 11.9. The molecule has 0 aliphatic carbocycles. The molecule has 2 aromatic carbocycles. The smallest absolute Gasteiger partial charge is 0.244 e. The summed E-state index contributed by atoms with van der Waals surface area (Å²) in [6, 6.07) is 13.1. The van der Waals surface area contributed by atoms with E-state index in [1.54, 1.807) is 19.2 Å². The molecule has 0 atom stereocenters. The highest BCUT2D eigenvalue weighted by Gasteiger charge is 2.24. The Kier molecular flexibility index (Phi) is 2.95. The molecule has 102 valence electrons. The Morgan fingerprint density at radius 1 is 1.20 bits per heavy atom. The van der Waals surface area contributed by atoms with Gasteiger partial charge in [0.15, 0.2) is 0 Å². The van der Waals surface area contributed by atoms with Gasteiger partial charge in [0, 0.05) is 6.07 Å². The van der Waals surface area contributed by atoms with Crippen LogP contribution in [-0.2, 0) is 4.79 Å². The summed E-state index contributed by atoms with van der Waals surface area (Å²) >= 11 is 0. The van der Waals surface area contributed by atoms with Gasteiger partial charge in [0.2, 0.25) is 5.91 Å². The molecule has 5 heteroatoms. The number of ether oxygens (including phenoxy) is 1. The normalized spacial score (nSPS) is 13.7. The van der Waals surface area contributed by atoms with Crippen LogP contribution >= 0.6 is 0 Å². The molecule has 0 aromatic heterocycles. The van der Waals surface area contributed by atoms with Crippen molar-refractivity contribution in [3.05, 3.63) is 42.5 Å². The zero-order valence-electron chi connectivity index (χ0n) is 11.1. The first kappa shape index (κ1) is 12.3. The van der Waals surface area contributed by atoms with E-state index in [4.69, 9.17) is 10.5 Å². The van der Waals surface area contributed by atoms with E-state index < -0.39 is 0 Å². The number of anilines is 4. The number of nitrogen functional groups attached to an aromatic ring is 1. The van der Waals surface area contributed by atoms with Gasteiger partial charge in [0.05, 0.1) is 29.9 Å². The van der Waals surface area contributed by atoms with E-state index in [2.05, 4.69) is 5.32 Å². The third-order valence-corrected chi connectivity index (χ3v) is 3.30. The minimum absolute atomic E-state index is 0.0640. The number of nitrogens with one attached hydrogen (secondary N) is 1. The molecule has 0 saturated carbocycles. The monoisotopic (exact) mass is 269 g/mol. The van der Waals surface area contributed by atoms with Crippen LogP contribution in [0.1, 0.15) is 0 Å². The Morgan fingerprint density at radius 3 is 2.80 bits per heavy atom. The molecule has 2 aromatic rings. The average Bonchev–Trinajstić information content (AvgIpc) is 2.47. The van der Waals surface area contributed by atoms with Crippen LogP contribution in [0.5, 0.6) is 5.75 Å². The standard InChI is InChI=1S/C15H15N3O2/c1-20-10-6-7-11(16)14(8-10)18-9-15(19)17-12-4-2-3-5-13(12)18/h2-8H,9,16H2,1H3,(H,17,19). The van der Waals surface area contributed by atoms with Gasteiger partial charge in [0.1, 0.15) is 12.3 Å². The summed E-state index contributed by atoms with van der Waals surface area (Å²) in [6.45, 7) is 0.231. The molecule has 5 nitrogen and oxygen atoms in total. The number of para-hydroxylation sites is 2. The van der Waals surface area contributed by atoms with Crippen LogP contribution in [0.2, 0.25) is 0 Å². The Morgan fingerprint density at radius 2 is 2.00 bits per heavy atom. The SMILES string of the molecule is COc1ccc(N)c(N2CC(=O)Nc3ccccc32)c1. The van der Waals surface area contributed by atoms with E-state index in [0.717, 1.165) is 17.1 Å². The van der Waals surface area contributed by atoms with Crippen molar-refractivity contribution >= 4 is 28.7 Å². The van der Waals surface area contributed by atoms with Gasteiger partial charge < -0.3 is 20.7 Å². The van der Waals surface area contributed by atoms with Crippen molar-refractivity contribution in [2.24, 2.45) is 0 Å². The molecule has 3 rings (SSSR count). The third kappa shape index (κ3) is 2.03. The minimum atomic E-state index is -0.0640. The second-order valence-corrected chi connectivity index (χ2v) is 4.58. The number of carbonyl (C=O) groups excluding carboxylic acids is 1. The predicted molar refractivity (Wildman–Crippen MR) is 79.5 cm³/mol. The van der Waals surface area contributed by atoms with Crippen LogP contribution in [0.4, 0.5) is 22.7 Å². The molecule has 1 amide bonds. The van der Waals surface area contributed by atoms with Crippen LogP contribution < -0.4 is 20.7 Å². The maximum Gasteiger partial charge on any atom is 0.244 e. The zero-order chi connectivity index (χ0) is 14.1. The summed E-state index contributed by atoms with van der Waals surface area (Å²) in [6.07, 6.45) is 0. The number of amides is 1. The largest absolute Gasteiger partial charge is 0.497 e. The third-order valence-electron chi connectivity index (χ3n) is 3.30. The number of rotatable bonds is 2. The summed E-state index contributed by atoms with van der Waals surface area (Å²) in [5.41, 5.74) is 9.13. The molecule has 1 aliphatic heterocycles. The quantitative estimate of drug-likeness (QED) is 0.821. The van der Waals surface area contributed by atoms with Crippen LogP contribution in [0, 0.1) is 0 Å². The molecule has 1 heterocycles. The lowest BCUT2D eigenvalue weighted by atomic mass is 10.1. The van der Waals surface area contributed by atoms with Gasteiger partial charge in [-0.25, -0.2) is 0 Å². The second kappa shape index (κ2) is 4.77. The van der Waals surface area contributed by atoms with Crippen LogP contribution in [0.3, 0.4) is 0 Å². The lowest BCUT2D eigenvalue weighted by molar-refractivity contribution is -0.115. The fourth-order valence-corrected chi connectivity index (χ4v) is 2.33. The minimum Gasteiger partial charge on any atom is -0.497 e. The number of hydrogen-bond donors (Lipinski definition) is 2. The van der Waals surface area contributed by atoms with Crippen molar-refractivity contribution in [1.29, 1.82) is 0 Å². The Bertz CT molecular complexity index is 670. The number of carbonyl (C=O) groups is 1. The number of nitrogens with two attached hydrogens (primary N) is 1. The van der Waals surface area contributed by atoms with Crippen molar-refractivity contribution in [2.45, 2.75) is 0 Å². The molecule has 20 heavy (non-hydrogen) atoms. The number of hydrogen-bond acceptors (Lipinski definition) is 4. The summed E-state index contributed by atoms with van der Waals surface area (Å²) in [4.78, 5) is 13.7.